The first-order valence-corrected chi connectivity index (χ1v) is 8.75. The summed E-state index contributed by atoms with van der Waals surface area (Å²) in [5.41, 5.74) is 3.79. The third-order valence-corrected chi connectivity index (χ3v) is 5.36. The van der Waals surface area contributed by atoms with Gasteiger partial charge in [-0.15, -0.1) is 11.8 Å². The number of nitrogens with zero attached hydrogens (tertiary/aromatic N) is 3. The lowest BCUT2D eigenvalue weighted by Crippen LogP contribution is -2.34. The van der Waals surface area contributed by atoms with Crippen molar-refractivity contribution in [1.82, 2.24) is 14.9 Å². The van der Waals surface area contributed by atoms with E-state index >= 15 is 0 Å². The van der Waals surface area contributed by atoms with Gasteiger partial charge in [-0.3, -0.25) is 4.79 Å². The molecule has 0 aliphatic carbocycles. The lowest BCUT2D eigenvalue weighted by Gasteiger charge is -2.20. The summed E-state index contributed by atoms with van der Waals surface area (Å²) in [5, 5.41) is 0.0649. The number of rotatable bonds is 4. The highest BCUT2D eigenvalue weighted by atomic mass is 32.2. The number of fused-ring (bicyclic) bond motifs is 1. The Kier molecular flexibility index (Phi) is 4.34. The zero-order valence-corrected chi connectivity index (χ0v) is 14.1. The number of carbonyl (C=O) groups is 1. The quantitative estimate of drug-likeness (QED) is 0.869. The van der Waals surface area contributed by atoms with E-state index < -0.39 is 0 Å². The Bertz CT molecular complexity index is 701. The van der Waals surface area contributed by atoms with E-state index in [1.165, 1.54) is 0 Å². The first-order chi connectivity index (χ1) is 10.6. The van der Waals surface area contributed by atoms with Crippen LogP contribution in [0.25, 0.3) is 11.0 Å². The molecule has 1 unspecified atom stereocenters. The Labute approximate surface area is 135 Å². The summed E-state index contributed by atoms with van der Waals surface area (Å²) < 4.78 is 0. The van der Waals surface area contributed by atoms with E-state index in [2.05, 4.69) is 18.8 Å². The van der Waals surface area contributed by atoms with Crippen LogP contribution in [0.3, 0.4) is 0 Å². The molecule has 1 fully saturated rings. The summed E-state index contributed by atoms with van der Waals surface area (Å²) in [6, 6.07) is 8.21. The van der Waals surface area contributed by atoms with E-state index in [-0.39, 0.29) is 11.2 Å². The zero-order valence-electron chi connectivity index (χ0n) is 13.2. The van der Waals surface area contributed by atoms with Gasteiger partial charge in [0.15, 0.2) is 0 Å². The maximum Gasteiger partial charge on any atom is 0.235 e. The number of aryl methyl sites for hydroxylation is 1. The van der Waals surface area contributed by atoms with Crippen molar-refractivity contribution in [1.29, 1.82) is 0 Å². The van der Waals surface area contributed by atoms with Crippen molar-refractivity contribution in [2.45, 2.75) is 44.2 Å². The molecule has 1 amide bonds. The summed E-state index contributed by atoms with van der Waals surface area (Å²) >= 11 is 1.70. The van der Waals surface area contributed by atoms with Crippen LogP contribution >= 0.6 is 11.8 Å². The van der Waals surface area contributed by atoms with Crippen LogP contribution in [0.4, 0.5) is 0 Å². The fourth-order valence-corrected chi connectivity index (χ4v) is 3.97. The van der Waals surface area contributed by atoms with E-state index in [4.69, 9.17) is 4.98 Å². The fourth-order valence-electron chi connectivity index (χ4n) is 2.78. The first-order valence-electron chi connectivity index (χ1n) is 7.70. The van der Waals surface area contributed by atoms with Crippen LogP contribution in [0.1, 0.15) is 31.7 Å². The first kappa shape index (κ1) is 15.3. The number of benzene rings is 1. The number of carbonyl (C=O) groups excluding carboxylic acids is 1. The van der Waals surface area contributed by atoms with Crippen molar-refractivity contribution < 1.29 is 4.79 Å². The van der Waals surface area contributed by atoms with Crippen molar-refractivity contribution in [2.75, 3.05) is 6.54 Å². The Morgan fingerprint density at radius 2 is 1.95 bits per heavy atom. The second-order valence-electron chi connectivity index (χ2n) is 5.96. The Morgan fingerprint density at radius 3 is 2.59 bits per heavy atom. The predicted molar refractivity (Wildman–Crippen MR) is 90.8 cm³/mol. The highest BCUT2D eigenvalue weighted by Gasteiger charge is 2.33. The highest BCUT2D eigenvalue weighted by molar-refractivity contribution is 7.99. The molecule has 1 atom stereocenters. The average Bonchev–Trinajstić information content (AvgIpc) is 2.86. The number of aromatic nitrogens is 2. The van der Waals surface area contributed by atoms with Gasteiger partial charge in [-0.1, -0.05) is 12.1 Å². The smallest absolute Gasteiger partial charge is 0.235 e. The summed E-state index contributed by atoms with van der Waals surface area (Å²) in [7, 11) is 0. The van der Waals surface area contributed by atoms with Gasteiger partial charge in [-0.05, 0) is 39.3 Å². The topological polar surface area (TPSA) is 46.1 Å². The zero-order chi connectivity index (χ0) is 15.7. The molecule has 3 rings (SSSR count). The van der Waals surface area contributed by atoms with Crippen LogP contribution in [-0.2, 0) is 10.5 Å². The maximum atomic E-state index is 12.3. The predicted octanol–water partition coefficient (Wildman–Crippen LogP) is 3.18. The largest absolute Gasteiger partial charge is 0.339 e. The minimum atomic E-state index is 0.0649. The number of hydrogen-bond acceptors (Lipinski definition) is 4. The Hall–Kier alpha value is -1.62. The second kappa shape index (κ2) is 6.24. The number of para-hydroxylation sites is 2. The molecule has 2 heterocycles. The fraction of sp³-hybridized carbons (Fsp3) is 0.471. The number of amides is 1. The molecule has 0 saturated carbocycles. The molecule has 0 bridgehead atoms. The standard InChI is InChI=1S/C17H21N3OS/c1-11(2)20-9-8-16(17(20)21)22-10-15-12(3)18-13-6-4-5-7-14(13)19-15/h4-7,11,16H,8-10H2,1-3H3. The van der Waals surface area contributed by atoms with Gasteiger partial charge in [0.2, 0.25) is 5.91 Å². The third kappa shape index (κ3) is 2.95. The van der Waals surface area contributed by atoms with Crippen LogP contribution in [0, 0.1) is 6.92 Å². The third-order valence-electron chi connectivity index (χ3n) is 4.08. The molecule has 1 aliphatic heterocycles. The molecular formula is C17H21N3OS. The molecule has 0 spiro atoms. The average molecular weight is 315 g/mol. The summed E-state index contributed by atoms with van der Waals surface area (Å²) in [6.45, 7) is 7.01. The van der Waals surface area contributed by atoms with Crippen molar-refractivity contribution >= 4 is 28.7 Å². The number of hydrogen-bond donors (Lipinski definition) is 0. The molecule has 116 valence electrons. The van der Waals surface area contributed by atoms with E-state index in [1.54, 1.807) is 11.8 Å². The molecule has 1 aromatic carbocycles. The SMILES string of the molecule is Cc1nc2ccccc2nc1CSC1CCN(C(C)C)C1=O. The van der Waals surface area contributed by atoms with Gasteiger partial charge < -0.3 is 4.90 Å². The summed E-state index contributed by atoms with van der Waals surface area (Å²) in [6.07, 6.45) is 0.932. The monoisotopic (exact) mass is 315 g/mol. The Morgan fingerprint density at radius 1 is 1.27 bits per heavy atom. The molecule has 1 aliphatic rings. The van der Waals surface area contributed by atoms with Gasteiger partial charge in [-0.25, -0.2) is 9.97 Å². The number of thioether (sulfide) groups is 1. The van der Waals surface area contributed by atoms with Gasteiger partial charge in [0.25, 0.3) is 0 Å². The molecule has 2 aromatic rings. The van der Waals surface area contributed by atoms with Crippen molar-refractivity contribution in [2.24, 2.45) is 0 Å². The second-order valence-corrected chi connectivity index (χ2v) is 7.15. The van der Waals surface area contributed by atoms with E-state index in [0.717, 1.165) is 41.1 Å². The van der Waals surface area contributed by atoms with Gasteiger partial charge in [0.05, 0.1) is 27.7 Å². The molecule has 0 N–H and O–H groups in total. The lowest BCUT2D eigenvalue weighted by molar-refractivity contribution is -0.128. The van der Waals surface area contributed by atoms with E-state index in [0.29, 0.717) is 6.04 Å². The minimum absolute atomic E-state index is 0.0649. The normalized spacial score (nSPS) is 18.6. The van der Waals surface area contributed by atoms with Crippen LogP contribution in [0.2, 0.25) is 0 Å². The molecule has 22 heavy (non-hydrogen) atoms. The number of likely N-dealkylation sites (tertiary alicyclic amines) is 1. The summed E-state index contributed by atoms with van der Waals surface area (Å²) in [4.78, 5) is 23.6. The van der Waals surface area contributed by atoms with Crippen LogP contribution in [0.15, 0.2) is 24.3 Å². The van der Waals surface area contributed by atoms with Crippen LogP contribution in [0.5, 0.6) is 0 Å². The Balaban J connectivity index is 1.72. The van der Waals surface area contributed by atoms with Crippen LogP contribution < -0.4 is 0 Å². The maximum absolute atomic E-state index is 12.3. The molecule has 1 saturated heterocycles. The van der Waals surface area contributed by atoms with Crippen LogP contribution in [-0.4, -0.2) is 38.6 Å². The van der Waals surface area contributed by atoms with Gasteiger partial charge in [0.1, 0.15) is 0 Å². The van der Waals surface area contributed by atoms with Gasteiger partial charge in [-0.2, -0.15) is 0 Å². The van der Waals surface area contributed by atoms with Gasteiger partial charge >= 0.3 is 0 Å². The molecule has 5 heteroatoms. The molecule has 1 aromatic heterocycles. The minimum Gasteiger partial charge on any atom is -0.339 e. The molecule has 4 nitrogen and oxygen atoms in total. The molecular weight excluding hydrogens is 294 g/mol. The van der Waals surface area contributed by atoms with Crippen molar-refractivity contribution in [3.8, 4) is 0 Å². The lowest BCUT2D eigenvalue weighted by atomic mass is 10.2. The van der Waals surface area contributed by atoms with Gasteiger partial charge in [0, 0.05) is 18.3 Å². The molecule has 0 radical (unpaired) electrons. The van der Waals surface area contributed by atoms with E-state index in [9.17, 15) is 4.79 Å². The highest BCUT2D eigenvalue weighted by Crippen LogP contribution is 2.28. The summed E-state index contributed by atoms with van der Waals surface area (Å²) in [5.74, 6) is 1.01. The van der Waals surface area contributed by atoms with E-state index in [1.807, 2.05) is 36.1 Å². The van der Waals surface area contributed by atoms with Crippen molar-refractivity contribution in [3.05, 3.63) is 35.7 Å². The van der Waals surface area contributed by atoms with Crippen molar-refractivity contribution in [3.63, 3.8) is 0 Å².